The molecule has 2 N–H and O–H groups in total. The van der Waals surface area contributed by atoms with Gasteiger partial charge in [-0.1, -0.05) is 36.1 Å². The zero-order valence-electron chi connectivity index (χ0n) is 13.8. The van der Waals surface area contributed by atoms with Gasteiger partial charge in [-0.3, -0.25) is 4.79 Å². The molecule has 122 valence electrons. The van der Waals surface area contributed by atoms with Crippen molar-refractivity contribution in [2.24, 2.45) is 5.73 Å². The molecule has 24 heavy (non-hydrogen) atoms. The van der Waals surface area contributed by atoms with Crippen molar-refractivity contribution < 1.29 is 4.79 Å². The molecule has 3 rings (SSSR count). The molecule has 2 aromatic carbocycles. The number of carbonyl (C=O) groups is 1. The second-order valence-electron chi connectivity index (χ2n) is 5.78. The van der Waals surface area contributed by atoms with Crippen LogP contribution in [0, 0.1) is 11.8 Å². The summed E-state index contributed by atoms with van der Waals surface area (Å²) in [6, 6.07) is 16.3. The summed E-state index contributed by atoms with van der Waals surface area (Å²) in [5.41, 5.74) is 9.69. The van der Waals surface area contributed by atoms with E-state index in [1.54, 1.807) is 6.92 Å². The van der Waals surface area contributed by atoms with E-state index in [0.717, 1.165) is 30.0 Å². The summed E-state index contributed by atoms with van der Waals surface area (Å²) < 4.78 is 0. The van der Waals surface area contributed by atoms with E-state index in [4.69, 9.17) is 5.73 Å². The molecule has 0 radical (unpaired) electrons. The number of nitrogens with two attached hydrogens (primary N) is 1. The minimum absolute atomic E-state index is 0.0879. The van der Waals surface area contributed by atoms with Crippen LogP contribution in [0.2, 0.25) is 0 Å². The Balaban J connectivity index is 1.80. The SMILES string of the molecule is CC(=O)N1CCN(Cc2ccc(C#CCN)cc2)c2ccccc21. The number of benzene rings is 2. The number of amides is 1. The molecular weight excluding hydrogens is 298 g/mol. The maximum absolute atomic E-state index is 11.8. The van der Waals surface area contributed by atoms with Crippen LogP contribution in [0.25, 0.3) is 0 Å². The topological polar surface area (TPSA) is 49.6 Å². The molecule has 0 aromatic heterocycles. The van der Waals surface area contributed by atoms with Crippen LogP contribution in [-0.4, -0.2) is 25.5 Å². The van der Waals surface area contributed by atoms with Crippen molar-refractivity contribution in [3.8, 4) is 11.8 Å². The van der Waals surface area contributed by atoms with Crippen molar-refractivity contribution >= 4 is 17.3 Å². The van der Waals surface area contributed by atoms with Gasteiger partial charge in [0.05, 0.1) is 17.9 Å². The van der Waals surface area contributed by atoms with Crippen LogP contribution in [0.4, 0.5) is 11.4 Å². The number of anilines is 2. The minimum Gasteiger partial charge on any atom is -0.364 e. The molecule has 2 aromatic rings. The van der Waals surface area contributed by atoms with Gasteiger partial charge in [0, 0.05) is 32.1 Å². The van der Waals surface area contributed by atoms with Crippen LogP contribution in [0.3, 0.4) is 0 Å². The number of hydrogen-bond acceptors (Lipinski definition) is 3. The van der Waals surface area contributed by atoms with E-state index in [1.807, 2.05) is 35.2 Å². The van der Waals surface area contributed by atoms with Crippen molar-refractivity contribution in [3.63, 3.8) is 0 Å². The second-order valence-corrected chi connectivity index (χ2v) is 5.78. The highest BCUT2D eigenvalue weighted by atomic mass is 16.2. The van der Waals surface area contributed by atoms with E-state index in [9.17, 15) is 4.79 Å². The molecule has 0 unspecified atom stereocenters. The lowest BCUT2D eigenvalue weighted by atomic mass is 10.1. The van der Waals surface area contributed by atoms with Crippen molar-refractivity contribution in [2.45, 2.75) is 13.5 Å². The van der Waals surface area contributed by atoms with Gasteiger partial charge in [0.15, 0.2) is 0 Å². The molecule has 0 aliphatic carbocycles. The van der Waals surface area contributed by atoms with Gasteiger partial charge in [-0.15, -0.1) is 0 Å². The van der Waals surface area contributed by atoms with Gasteiger partial charge in [0.2, 0.25) is 5.91 Å². The normalized spacial score (nSPS) is 13.1. The maximum Gasteiger partial charge on any atom is 0.223 e. The van der Waals surface area contributed by atoms with Crippen LogP contribution in [0.5, 0.6) is 0 Å². The quantitative estimate of drug-likeness (QED) is 0.865. The van der Waals surface area contributed by atoms with Crippen molar-refractivity contribution in [1.82, 2.24) is 0 Å². The minimum atomic E-state index is 0.0879. The summed E-state index contributed by atoms with van der Waals surface area (Å²) >= 11 is 0. The third-order valence-electron chi connectivity index (χ3n) is 4.15. The first-order valence-corrected chi connectivity index (χ1v) is 8.09. The Morgan fingerprint density at radius 3 is 2.46 bits per heavy atom. The number of nitrogens with zero attached hydrogens (tertiary/aromatic N) is 2. The Labute approximate surface area is 142 Å². The lowest BCUT2D eigenvalue weighted by Crippen LogP contribution is -2.42. The third-order valence-corrected chi connectivity index (χ3v) is 4.15. The molecule has 0 saturated carbocycles. The Hall–Kier alpha value is -2.77. The molecule has 0 spiro atoms. The molecule has 1 aliphatic rings. The lowest BCUT2D eigenvalue weighted by molar-refractivity contribution is -0.116. The Bertz CT molecular complexity index is 787. The predicted molar refractivity (Wildman–Crippen MR) is 97.9 cm³/mol. The fraction of sp³-hybridized carbons (Fsp3) is 0.250. The lowest BCUT2D eigenvalue weighted by Gasteiger charge is -2.37. The Kier molecular flexibility index (Phi) is 4.83. The van der Waals surface area contributed by atoms with Crippen molar-refractivity contribution in [2.75, 3.05) is 29.4 Å². The van der Waals surface area contributed by atoms with E-state index in [-0.39, 0.29) is 5.91 Å². The van der Waals surface area contributed by atoms with Gasteiger partial charge < -0.3 is 15.5 Å². The van der Waals surface area contributed by atoms with Gasteiger partial charge in [0.25, 0.3) is 0 Å². The number of para-hydroxylation sites is 2. The predicted octanol–water partition coefficient (Wildman–Crippen LogP) is 2.37. The smallest absolute Gasteiger partial charge is 0.223 e. The molecule has 1 heterocycles. The second kappa shape index (κ2) is 7.20. The summed E-state index contributed by atoms with van der Waals surface area (Å²) in [6.45, 7) is 4.34. The van der Waals surface area contributed by atoms with E-state index >= 15 is 0 Å². The molecule has 1 aliphatic heterocycles. The number of carbonyl (C=O) groups excluding carboxylic acids is 1. The van der Waals surface area contributed by atoms with Gasteiger partial charge in [-0.2, -0.15) is 0 Å². The first kappa shape index (κ1) is 16.1. The summed E-state index contributed by atoms with van der Waals surface area (Å²) in [6.07, 6.45) is 0. The van der Waals surface area contributed by atoms with E-state index in [1.165, 1.54) is 5.56 Å². The average Bonchev–Trinajstić information content (AvgIpc) is 2.61. The molecule has 1 amide bonds. The molecule has 0 bridgehead atoms. The summed E-state index contributed by atoms with van der Waals surface area (Å²) in [5, 5.41) is 0. The van der Waals surface area contributed by atoms with Gasteiger partial charge in [-0.05, 0) is 29.8 Å². The van der Waals surface area contributed by atoms with Gasteiger partial charge >= 0.3 is 0 Å². The Morgan fingerprint density at radius 2 is 1.79 bits per heavy atom. The highest BCUT2D eigenvalue weighted by Crippen LogP contribution is 2.33. The standard InChI is InChI=1S/C20H21N3O/c1-16(24)23-14-13-22(19-6-2-3-7-20(19)23)15-18-10-8-17(9-11-18)5-4-12-21/h2-3,6-11H,12-15,21H2,1H3. The monoisotopic (exact) mass is 319 g/mol. The van der Waals surface area contributed by atoms with E-state index in [0.29, 0.717) is 13.1 Å². The van der Waals surface area contributed by atoms with Crippen molar-refractivity contribution in [3.05, 3.63) is 59.7 Å². The third kappa shape index (κ3) is 3.42. The number of rotatable bonds is 2. The molecular formula is C20H21N3O. The maximum atomic E-state index is 11.8. The summed E-state index contributed by atoms with van der Waals surface area (Å²) in [7, 11) is 0. The summed E-state index contributed by atoms with van der Waals surface area (Å²) in [5.74, 6) is 5.99. The van der Waals surface area contributed by atoms with Gasteiger partial charge in [-0.25, -0.2) is 0 Å². The zero-order valence-corrected chi connectivity index (χ0v) is 13.8. The van der Waals surface area contributed by atoms with Crippen LogP contribution >= 0.6 is 0 Å². The van der Waals surface area contributed by atoms with Crippen LogP contribution in [0.1, 0.15) is 18.1 Å². The largest absolute Gasteiger partial charge is 0.364 e. The highest BCUT2D eigenvalue weighted by molar-refractivity contribution is 5.96. The number of fused-ring (bicyclic) bond motifs is 1. The highest BCUT2D eigenvalue weighted by Gasteiger charge is 2.24. The van der Waals surface area contributed by atoms with Crippen LogP contribution < -0.4 is 15.5 Å². The van der Waals surface area contributed by atoms with Crippen LogP contribution in [-0.2, 0) is 11.3 Å². The van der Waals surface area contributed by atoms with Gasteiger partial charge in [0.1, 0.15) is 0 Å². The number of hydrogen-bond donors (Lipinski definition) is 1. The van der Waals surface area contributed by atoms with E-state index in [2.05, 4.69) is 34.9 Å². The molecule has 0 fully saturated rings. The fourth-order valence-electron chi connectivity index (χ4n) is 2.98. The molecule has 4 nitrogen and oxygen atoms in total. The molecule has 0 atom stereocenters. The van der Waals surface area contributed by atoms with E-state index < -0.39 is 0 Å². The summed E-state index contributed by atoms with van der Waals surface area (Å²) in [4.78, 5) is 16.0. The van der Waals surface area contributed by atoms with Crippen LogP contribution in [0.15, 0.2) is 48.5 Å². The Morgan fingerprint density at radius 1 is 1.08 bits per heavy atom. The first-order valence-electron chi connectivity index (χ1n) is 8.09. The zero-order chi connectivity index (χ0) is 16.9. The molecule has 0 saturated heterocycles. The average molecular weight is 319 g/mol. The first-order chi connectivity index (χ1) is 11.7. The van der Waals surface area contributed by atoms with Crippen molar-refractivity contribution in [1.29, 1.82) is 0 Å². The fourth-order valence-corrected chi connectivity index (χ4v) is 2.98. The molecule has 4 heteroatoms.